The van der Waals surface area contributed by atoms with Gasteiger partial charge in [-0.2, -0.15) is 11.8 Å². The van der Waals surface area contributed by atoms with E-state index in [1.807, 2.05) is 16.7 Å². The molecular weight excluding hydrogens is 291 g/mol. The summed E-state index contributed by atoms with van der Waals surface area (Å²) in [6, 6.07) is 1.53. The quantitative estimate of drug-likeness (QED) is 0.746. The zero-order valence-corrected chi connectivity index (χ0v) is 12.6. The Bertz CT molecular complexity index is 479. The van der Waals surface area contributed by atoms with Gasteiger partial charge in [0.25, 0.3) is 5.91 Å². The highest BCUT2D eigenvalue weighted by atomic mass is 35.5. The van der Waals surface area contributed by atoms with E-state index in [4.69, 9.17) is 23.2 Å². The number of rotatable bonds is 1. The minimum Gasteiger partial charge on any atom is -0.336 e. The molecule has 18 heavy (non-hydrogen) atoms. The van der Waals surface area contributed by atoms with E-state index in [0.717, 1.165) is 12.3 Å². The molecule has 1 aliphatic rings. The van der Waals surface area contributed by atoms with Crippen molar-refractivity contribution in [2.24, 2.45) is 0 Å². The van der Waals surface area contributed by atoms with Crippen LogP contribution in [0.4, 0.5) is 0 Å². The number of halogens is 2. The molecule has 0 spiro atoms. The van der Waals surface area contributed by atoms with E-state index < -0.39 is 0 Å². The Morgan fingerprint density at radius 1 is 1.50 bits per heavy atom. The van der Waals surface area contributed by atoms with Gasteiger partial charge in [-0.3, -0.25) is 4.79 Å². The Morgan fingerprint density at radius 2 is 2.22 bits per heavy atom. The molecule has 0 bridgehead atoms. The first-order valence-electron chi connectivity index (χ1n) is 5.63. The second-order valence-corrected chi connectivity index (χ2v) is 7.42. The molecular formula is C12H14Cl2N2OS. The molecule has 0 aliphatic carbocycles. The maximum absolute atomic E-state index is 12.4. The molecule has 0 N–H and O–H groups in total. The highest BCUT2D eigenvalue weighted by Gasteiger charge is 2.31. The van der Waals surface area contributed by atoms with Crippen LogP contribution in [0.2, 0.25) is 10.2 Å². The molecule has 0 radical (unpaired) electrons. The maximum Gasteiger partial charge on any atom is 0.255 e. The fourth-order valence-electron chi connectivity index (χ4n) is 1.94. The molecule has 98 valence electrons. The minimum atomic E-state index is -0.0716. The predicted molar refractivity (Wildman–Crippen MR) is 76.7 cm³/mol. The van der Waals surface area contributed by atoms with Crippen LogP contribution in [-0.2, 0) is 0 Å². The molecule has 0 aromatic carbocycles. The molecule has 0 saturated carbocycles. The van der Waals surface area contributed by atoms with Crippen LogP contribution in [0, 0.1) is 0 Å². The van der Waals surface area contributed by atoms with Crippen molar-refractivity contribution >= 4 is 40.9 Å². The van der Waals surface area contributed by atoms with Crippen molar-refractivity contribution < 1.29 is 4.79 Å². The number of thioether (sulfide) groups is 1. The van der Waals surface area contributed by atoms with Gasteiger partial charge in [0.2, 0.25) is 0 Å². The monoisotopic (exact) mass is 304 g/mol. The van der Waals surface area contributed by atoms with Gasteiger partial charge in [-0.25, -0.2) is 4.98 Å². The first kappa shape index (κ1) is 14.0. The number of hydrogen-bond donors (Lipinski definition) is 0. The molecule has 1 fully saturated rings. The van der Waals surface area contributed by atoms with E-state index in [2.05, 4.69) is 18.8 Å². The van der Waals surface area contributed by atoms with Crippen LogP contribution in [0.1, 0.15) is 24.2 Å². The molecule has 1 aromatic heterocycles. The van der Waals surface area contributed by atoms with Crippen molar-refractivity contribution in [1.82, 2.24) is 9.88 Å². The molecule has 2 rings (SSSR count). The van der Waals surface area contributed by atoms with Crippen LogP contribution in [0.5, 0.6) is 0 Å². The number of carbonyl (C=O) groups excluding carboxylic acids is 1. The molecule has 2 heterocycles. The summed E-state index contributed by atoms with van der Waals surface area (Å²) in [5.74, 6) is 0.868. The first-order valence-corrected chi connectivity index (χ1v) is 7.37. The van der Waals surface area contributed by atoms with Crippen LogP contribution >= 0.6 is 35.0 Å². The van der Waals surface area contributed by atoms with Gasteiger partial charge >= 0.3 is 0 Å². The zero-order chi connectivity index (χ0) is 13.3. The second kappa shape index (κ2) is 5.27. The van der Waals surface area contributed by atoms with Crippen LogP contribution < -0.4 is 0 Å². The Kier molecular flexibility index (Phi) is 4.09. The van der Waals surface area contributed by atoms with E-state index in [9.17, 15) is 4.79 Å². The Labute approximate surface area is 121 Å². The molecule has 3 nitrogen and oxygen atoms in total. The Balaban J connectivity index is 2.23. The van der Waals surface area contributed by atoms with Crippen molar-refractivity contribution in [3.05, 3.63) is 28.0 Å². The summed E-state index contributed by atoms with van der Waals surface area (Å²) in [5.41, 5.74) is 0.430. The SMILES string of the molecule is CC1(C)CN(C(=O)c2cc(Cl)ncc2Cl)CCS1. The van der Waals surface area contributed by atoms with Crippen molar-refractivity contribution in [2.75, 3.05) is 18.8 Å². The maximum atomic E-state index is 12.4. The molecule has 0 unspecified atom stereocenters. The minimum absolute atomic E-state index is 0.0716. The molecule has 6 heteroatoms. The lowest BCUT2D eigenvalue weighted by atomic mass is 10.1. The normalized spacial score (nSPS) is 18.8. The average Bonchev–Trinajstić information content (AvgIpc) is 2.30. The highest BCUT2D eigenvalue weighted by Crippen LogP contribution is 2.31. The molecule has 1 saturated heterocycles. The van der Waals surface area contributed by atoms with Gasteiger partial charge < -0.3 is 4.90 Å². The van der Waals surface area contributed by atoms with E-state index in [1.54, 1.807) is 0 Å². The molecule has 1 aliphatic heterocycles. The number of carbonyl (C=O) groups is 1. The van der Waals surface area contributed by atoms with Gasteiger partial charge in [-0.15, -0.1) is 0 Å². The van der Waals surface area contributed by atoms with Crippen LogP contribution in [0.15, 0.2) is 12.3 Å². The smallest absolute Gasteiger partial charge is 0.255 e. The summed E-state index contributed by atoms with van der Waals surface area (Å²) >= 11 is 13.7. The average molecular weight is 305 g/mol. The number of aromatic nitrogens is 1. The van der Waals surface area contributed by atoms with E-state index in [1.165, 1.54) is 12.3 Å². The fourth-order valence-corrected chi connectivity index (χ4v) is 3.39. The summed E-state index contributed by atoms with van der Waals surface area (Å²) < 4.78 is 0.0806. The first-order chi connectivity index (χ1) is 8.39. The van der Waals surface area contributed by atoms with E-state index in [-0.39, 0.29) is 15.8 Å². The molecule has 0 atom stereocenters. The summed E-state index contributed by atoms with van der Waals surface area (Å²) in [5, 5.41) is 0.633. The summed E-state index contributed by atoms with van der Waals surface area (Å²) in [7, 11) is 0. The number of pyridine rings is 1. The Morgan fingerprint density at radius 3 is 2.89 bits per heavy atom. The van der Waals surface area contributed by atoms with Gasteiger partial charge in [0.1, 0.15) is 5.15 Å². The van der Waals surface area contributed by atoms with Gasteiger partial charge in [-0.1, -0.05) is 23.2 Å². The zero-order valence-electron chi connectivity index (χ0n) is 10.2. The van der Waals surface area contributed by atoms with Crippen LogP contribution in [-0.4, -0.2) is 39.4 Å². The third-order valence-corrected chi connectivity index (χ3v) is 4.57. The largest absolute Gasteiger partial charge is 0.336 e. The van der Waals surface area contributed by atoms with Gasteiger partial charge in [-0.05, 0) is 19.9 Å². The standard InChI is InChI=1S/C12H14Cl2N2OS/c1-12(2)7-16(3-4-18-12)11(17)8-5-10(14)15-6-9(8)13/h5-6H,3-4,7H2,1-2H3. The summed E-state index contributed by atoms with van der Waals surface area (Å²) in [4.78, 5) is 18.1. The number of nitrogens with zero attached hydrogens (tertiary/aromatic N) is 2. The number of hydrogen-bond acceptors (Lipinski definition) is 3. The Hall–Kier alpha value is -0.450. The highest BCUT2D eigenvalue weighted by molar-refractivity contribution is 8.00. The fraction of sp³-hybridized carbons (Fsp3) is 0.500. The van der Waals surface area contributed by atoms with Crippen LogP contribution in [0.3, 0.4) is 0 Å². The van der Waals surface area contributed by atoms with Crippen LogP contribution in [0.25, 0.3) is 0 Å². The predicted octanol–water partition coefficient (Wildman–Crippen LogP) is 3.36. The lowest BCUT2D eigenvalue weighted by Crippen LogP contribution is -2.46. The van der Waals surface area contributed by atoms with Crippen molar-refractivity contribution in [1.29, 1.82) is 0 Å². The van der Waals surface area contributed by atoms with Crippen molar-refractivity contribution in [3.63, 3.8) is 0 Å². The van der Waals surface area contributed by atoms with E-state index >= 15 is 0 Å². The second-order valence-electron chi connectivity index (χ2n) is 4.82. The summed E-state index contributed by atoms with van der Waals surface area (Å²) in [6.45, 7) is 5.73. The topological polar surface area (TPSA) is 33.2 Å². The lowest BCUT2D eigenvalue weighted by Gasteiger charge is -2.37. The van der Waals surface area contributed by atoms with Crippen molar-refractivity contribution in [3.8, 4) is 0 Å². The molecule has 1 aromatic rings. The lowest BCUT2D eigenvalue weighted by molar-refractivity contribution is 0.0748. The number of amides is 1. The van der Waals surface area contributed by atoms with Gasteiger partial charge in [0.05, 0.1) is 10.6 Å². The van der Waals surface area contributed by atoms with E-state index in [0.29, 0.717) is 17.1 Å². The third-order valence-electron chi connectivity index (χ3n) is 2.77. The molecule has 1 amide bonds. The van der Waals surface area contributed by atoms with Crippen molar-refractivity contribution in [2.45, 2.75) is 18.6 Å². The van der Waals surface area contributed by atoms with Gasteiger partial charge in [0, 0.05) is 29.8 Å². The third kappa shape index (κ3) is 3.11. The summed E-state index contributed by atoms with van der Waals surface area (Å²) in [6.07, 6.45) is 1.42. The van der Waals surface area contributed by atoms with Gasteiger partial charge in [0.15, 0.2) is 0 Å².